The maximum atomic E-state index is 6.04. The molecule has 5 nitrogen and oxygen atoms in total. The van der Waals surface area contributed by atoms with Crippen LogP contribution in [0.25, 0.3) is 38.9 Å². The first-order valence-electron chi connectivity index (χ1n) is 11.6. The minimum atomic E-state index is 0. The molecule has 2 aromatic carbocycles. The van der Waals surface area contributed by atoms with Gasteiger partial charge in [-0.2, -0.15) is 18.2 Å². The maximum Gasteiger partial charge on any atom is 2.00 e. The summed E-state index contributed by atoms with van der Waals surface area (Å²) in [5, 5.41) is 1.06. The summed E-state index contributed by atoms with van der Waals surface area (Å²) < 4.78 is 8.14. The average Bonchev–Trinajstić information content (AvgIpc) is 3.23. The topological polar surface area (TPSA) is 52.8 Å². The van der Waals surface area contributed by atoms with Crippen LogP contribution in [0.3, 0.4) is 0 Å². The minimum Gasteiger partial charge on any atom is -0.460 e. The zero-order chi connectivity index (χ0) is 23.8. The van der Waals surface area contributed by atoms with E-state index in [2.05, 4.69) is 52.6 Å². The molecule has 6 aromatic rings. The van der Waals surface area contributed by atoms with E-state index < -0.39 is 0 Å². The van der Waals surface area contributed by atoms with Crippen LogP contribution in [-0.2, 0) is 21.1 Å². The summed E-state index contributed by atoms with van der Waals surface area (Å²) in [5.41, 5.74) is 5.64. The molecule has 4 aromatic heterocycles. The molecule has 0 atom stereocenters. The summed E-state index contributed by atoms with van der Waals surface area (Å²) >= 11 is 0. The van der Waals surface area contributed by atoms with Crippen LogP contribution in [0.5, 0.6) is 11.6 Å². The Morgan fingerprint density at radius 3 is 2.50 bits per heavy atom. The first-order chi connectivity index (χ1) is 17.2. The van der Waals surface area contributed by atoms with Crippen molar-refractivity contribution in [2.75, 3.05) is 0 Å². The van der Waals surface area contributed by atoms with Crippen LogP contribution in [0.15, 0.2) is 91.4 Å². The standard InChI is InChI=1S/C30H22N4O.Pt/c1-20(2)21-13-15-32-29(18-21)35-24-9-7-8-22(16-24)23-17-27-30(33-19-23)25-10-3-4-11-26(25)34(27)28-12-5-6-14-31-28;/h3-15,18-20H,1-2H3;/q-2;+2. The van der Waals surface area contributed by atoms with E-state index in [9.17, 15) is 0 Å². The fraction of sp³-hybridized carbons (Fsp3) is 0.100. The summed E-state index contributed by atoms with van der Waals surface area (Å²) in [6.07, 6.45) is 5.41. The van der Waals surface area contributed by atoms with Crippen molar-refractivity contribution in [3.63, 3.8) is 0 Å². The number of pyridine rings is 3. The van der Waals surface area contributed by atoms with Crippen molar-refractivity contribution in [2.24, 2.45) is 0 Å². The number of ether oxygens (including phenoxy) is 1. The van der Waals surface area contributed by atoms with Gasteiger partial charge in [-0.05, 0) is 46.6 Å². The van der Waals surface area contributed by atoms with Gasteiger partial charge >= 0.3 is 21.1 Å². The SMILES string of the molecule is CC(C)c1ccnc(Oc2[c-]c(-c3[c-]c4c(nc3)c3ccccc3n4-c3ccccn3)ccc2)c1.[Pt+2]. The first-order valence-corrected chi connectivity index (χ1v) is 11.6. The smallest absolute Gasteiger partial charge is 0.460 e. The summed E-state index contributed by atoms with van der Waals surface area (Å²) in [6, 6.07) is 30.8. The predicted octanol–water partition coefficient (Wildman–Crippen LogP) is 7.15. The van der Waals surface area contributed by atoms with Crippen LogP contribution in [0.2, 0.25) is 0 Å². The van der Waals surface area contributed by atoms with Crippen LogP contribution in [-0.4, -0.2) is 19.5 Å². The maximum absolute atomic E-state index is 6.04. The number of hydrogen-bond acceptors (Lipinski definition) is 4. The minimum absolute atomic E-state index is 0. The molecule has 0 amide bonds. The Kier molecular flexibility index (Phi) is 6.67. The molecule has 0 bridgehead atoms. The second-order valence-electron chi connectivity index (χ2n) is 8.65. The molecule has 0 aliphatic carbocycles. The molecule has 178 valence electrons. The first kappa shape index (κ1) is 23.9. The molecule has 6 rings (SSSR count). The quantitative estimate of drug-likeness (QED) is 0.186. The number of para-hydroxylation sites is 1. The number of hydrogen-bond donors (Lipinski definition) is 0. The second-order valence-corrected chi connectivity index (χ2v) is 8.65. The summed E-state index contributed by atoms with van der Waals surface area (Å²) in [4.78, 5) is 13.8. The molecule has 36 heavy (non-hydrogen) atoms. The summed E-state index contributed by atoms with van der Waals surface area (Å²) in [5.74, 6) is 2.37. The van der Waals surface area contributed by atoms with Gasteiger partial charge < -0.3 is 14.3 Å². The normalized spacial score (nSPS) is 11.1. The Morgan fingerprint density at radius 2 is 1.67 bits per heavy atom. The van der Waals surface area contributed by atoms with Gasteiger partial charge in [0.05, 0.1) is 0 Å². The summed E-state index contributed by atoms with van der Waals surface area (Å²) in [7, 11) is 0. The number of benzene rings is 2. The van der Waals surface area contributed by atoms with Crippen LogP contribution in [0, 0.1) is 12.1 Å². The van der Waals surface area contributed by atoms with Gasteiger partial charge in [0.25, 0.3) is 0 Å². The fourth-order valence-electron chi connectivity index (χ4n) is 4.24. The molecule has 4 heterocycles. The molecule has 6 heteroatoms. The van der Waals surface area contributed by atoms with E-state index in [1.807, 2.05) is 66.9 Å². The number of aromatic nitrogens is 4. The molecule has 0 radical (unpaired) electrons. The third-order valence-electron chi connectivity index (χ3n) is 6.00. The number of fused-ring (bicyclic) bond motifs is 3. The van der Waals surface area contributed by atoms with Crippen LogP contribution in [0.1, 0.15) is 25.3 Å². The second kappa shape index (κ2) is 10.0. The molecule has 0 fully saturated rings. The van der Waals surface area contributed by atoms with Crippen LogP contribution in [0.4, 0.5) is 0 Å². The van der Waals surface area contributed by atoms with Gasteiger partial charge in [0.1, 0.15) is 5.82 Å². The largest absolute Gasteiger partial charge is 2.00 e. The predicted molar refractivity (Wildman–Crippen MR) is 138 cm³/mol. The van der Waals surface area contributed by atoms with Gasteiger partial charge in [-0.15, -0.1) is 12.1 Å². The number of rotatable bonds is 5. The molecular weight excluding hydrogens is 627 g/mol. The van der Waals surface area contributed by atoms with Gasteiger partial charge in [0.2, 0.25) is 5.88 Å². The molecule has 0 N–H and O–H groups in total. The molecule has 0 spiro atoms. The van der Waals surface area contributed by atoms with Crippen molar-refractivity contribution in [1.82, 2.24) is 19.5 Å². The van der Waals surface area contributed by atoms with E-state index in [0.717, 1.165) is 38.9 Å². The van der Waals surface area contributed by atoms with E-state index in [1.165, 1.54) is 5.56 Å². The molecular formula is C30H22N4OPt. The average molecular weight is 650 g/mol. The van der Waals surface area contributed by atoms with Gasteiger partial charge in [0, 0.05) is 35.2 Å². The number of nitrogens with zero attached hydrogens (tertiary/aromatic N) is 4. The Labute approximate surface area is 224 Å². The molecule has 0 aliphatic heterocycles. The van der Waals surface area contributed by atoms with Crippen molar-refractivity contribution in [3.8, 4) is 28.6 Å². The Morgan fingerprint density at radius 1 is 0.806 bits per heavy atom. The van der Waals surface area contributed by atoms with Gasteiger partial charge in [-0.1, -0.05) is 44.3 Å². The van der Waals surface area contributed by atoms with Crippen molar-refractivity contribution in [1.29, 1.82) is 0 Å². The zero-order valence-electron chi connectivity index (χ0n) is 19.8. The summed E-state index contributed by atoms with van der Waals surface area (Å²) in [6.45, 7) is 4.30. The van der Waals surface area contributed by atoms with E-state index in [4.69, 9.17) is 9.72 Å². The van der Waals surface area contributed by atoms with E-state index in [0.29, 0.717) is 17.5 Å². The Bertz CT molecular complexity index is 1660. The van der Waals surface area contributed by atoms with Gasteiger partial charge in [0.15, 0.2) is 0 Å². The third kappa shape index (κ3) is 4.43. The molecule has 0 aliphatic rings. The Hall–Kier alpha value is -3.82. The van der Waals surface area contributed by atoms with Crippen molar-refractivity contribution in [2.45, 2.75) is 19.8 Å². The van der Waals surface area contributed by atoms with Crippen molar-refractivity contribution in [3.05, 3.63) is 109 Å². The van der Waals surface area contributed by atoms with E-state index in [-0.39, 0.29) is 21.1 Å². The van der Waals surface area contributed by atoms with E-state index in [1.54, 1.807) is 12.4 Å². The van der Waals surface area contributed by atoms with Gasteiger partial charge in [-0.25, -0.2) is 21.1 Å². The van der Waals surface area contributed by atoms with Crippen molar-refractivity contribution >= 4 is 21.9 Å². The van der Waals surface area contributed by atoms with Crippen molar-refractivity contribution < 1.29 is 25.8 Å². The fourth-order valence-corrected chi connectivity index (χ4v) is 4.24. The van der Waals surface area contributed by atoms with E-state index >= 15 is 0 Å². The van der Waals surface area contributed by atoms with Crippen LogP contribution >= 0.6 is 0 Å². The molecule has 0 saturated heterocycles. The Balaban J connectivity index is 0.00000267. The molecule has 0 unspecified atom stereocenters. The molecule has 0 saturated carbocycles. The van der Waals surface area contributed by atoms with Crippen LogP contribution < -0.4 is 4.74 Å². The zero-order valence-corrected chi connectivity index (χ0v) is 22.0. The van der Waals surface area contributed by atoms with Gasteiger partial charge in [-0.3, -0.25) is 0 Å². The third-order valence-corrected chi connectivity index (χ3v) is 6.00. The monoisotopic (exact) mass is 649 g/mol.